The lowest BCUT2D eigenvalue weighted by molar-refractivity contribution is 0.0764. The predicted octanol–water partition coefficient (Wildman–Crippen LogP) is 2.46. The number of hydrogen-bond acceptors (Lipinski definition) is 4. The first-order valence-corrected chi connectivity index (χ1v) is 6.81. The molecule has 1 saturated heterocycles. The largest absolute Gasteiger partial charge is 0.490 e. The Kier molecular flexibility index (Phi) is 3.42. The molecule has 4 heteroatoms. The monoisotopic (exact) mass is 262 g/mol. The van der Waals surface area contributed by atoms with Crippen LogP contribution < -0.4 is 9.47 Å². The van der Waals surface area contributed by atoms with Gasteiger partial charge in [0.15, 0.2) is 17.3 Å². The summed E-state index contributed by atoms with van der Waals surface area (Å²) in [7, 11) is 0. The quantitative estimate of drug-likeness (QED) is 0.768. The van der Waals surface area contributed by atoms with E-state index in [0.717, 1.165) is 18.6 Å². The topological polar surface area (TPSA) is 44.8 Å². The molecular weight excluding hydrogens is 244 g/mol. The Balaban J connectivity index is 1.85. The predicted molar refractivity (Wildman–Crippen MR) is 69.9 cm³/mol. The van der Waals surface area contributed by atoms with Crippen molar-refractivity contribution in [2.24, 2.45) is 5.92 Å². The van der Waals surface area contributed by atoms with Crippen molar-refractivity contribution in [1.29, 1.82) is 0 Å². The van der Waals surface area contributed by atoms with Gasteiger partial charge in [0.05, 0.1) is 25.2 Å². The third kappa shape index (κ3) is 2.45. The number of Topliss-reactive ketones (excluding diaryl/α,β-unsaturated/α-hetero) is 1. The summed E-state index contributed by atoms with van der Waals surface area (Å²) in [6.07, 6.45) is 1.67. The molecule has 0 aromatic heterocycles. The summed E-state index contributed by atoms with van der Waals surface area (Å²) in [5.41, 5.74) is 0.687. The lowest BCUT2D eigenvalue weighted by atomic mass is 9.92. The summed E-state index contributed by atoms with van der Waals surface area (Å²) < 4.78 is 16.7. The Hall–Kier alpha value is -1.55. The fourth-order valence-electron chi connectivity index (χ4n) is 2.61. The smallest absolute Gasteiger partial charge is 0.168 e. The number of rotatable bonds is 2. The van der Waals surface area contributed by atoms with Gasteiger partial charge in [-0.05, 0) is 31.5 Å². The van der Waals surface area contributed by atoms with Crippen LogP contribution in [0.5, 0.6) is 11.5 Å². The van der Waals surface area contributed by atoms with Crippen molar-refractivity contribution < 1.29 is 19.0 Å². The summed E-state index contributed by atoms with van der Waals surface area (Å²) in [4.78, 5) is 12.5. The van der Waals surface area contributed by atoms with Crippen molar-refractivity contribution in [1.82, 2.24) is 0 Å². The maximum Gasteiger partial charge on any atom is 0.168 e. The van der Waals surface area contributed by atoms with Crippen LogP contribution in [0.15, 0.2) is 18.2 Å². The maximum absolute atomic E-state index is 12.5. The van der Waals surface area contributed by atoms with Crippen LogP contribution in [0, 0.1) is 5.92 Å². The number of fused-ring (bicyclic) bond motifs is 1. The van der Waals surface area contributed by atoms with Gasteiger partial charge in [0, 0.05) is 18.6 Å². The molecule has 0 radical (unpaired) electrons. The molecule has 4 nitrogen and oxygen atoms in total. The lowest BCUT2D eigenvalue weighted by Crippen LogP contribution is -2.21. The van der Waals surface area contributed by atoms with Gasteiger partial charge in [-0.3, -0.25) is 4.79 Å². The first-order valence-electron chi connectivity index (χ1n) is 6.81. The highest BCUT2D eigenvalue weighted by Gasteiger charge is 2.31. The molecule has 19 heavy (non-hydrogen) atoms. The molecule has 3 rings (SSSR count). The van der Waals surface area contributed by atoms with Crippen LogP contribution in [0.1, 0.15) is 30.1 Å². The summed E-state index contributed by atoms with van der Waals surface area (Å²) in [5, 5.41) is 0. The third-order valence-corrected chi connectivity index (χ3v) is 3.75. The van der Waals surface area contributed by atoms with E-state index in [1.54, 1.807) is 6.07 Å². The molecule has 0 bridgehead atoms. The summed E-state index contributed by atoms with van der Waals surface area (Å²) >= 11 is 0. The molecule has 1 aromatic rings. The number of carbonyl (C=O) groups excluding carboxylic acids is 1. The summed E-state index contributed by atoms with van der Waals surface area (Å²) in [5.74, 6) is 1.50. The van der Waals surface area contributed by atoms with Crippen molar-refractivity contribution in [3.8, 4) is 11.5 Å². The normalized spacial score (nSPS) is 25.9. The van der Waals surface area contributed by atoms with Crippen molar-refractivity contribution in [2.75, 3.05) is 19.8 Å². The van der Waals surface area contributed by atoms with Crippen LogP contribution in [0.4, 0.5) is 0 Å². The second-order valence-electron chi connectivity index (χ2n) is 5.05. The van der Waals surface area contributed by atoms with E-state index < -0.39 is 0 Å². The van der Waals surface area contributed by atoms with E-state index >= 15 is 0 Å². The van der Waals surface area contributed by atoms with Gasteiger partial charge in [-0.2, -0.15) is 0 Å². The first kappa shape index (κ1) is 12.5. The zero-order chi connectivity index (χ0) is 13.2. The van der Waals surface area contributed by atoms with E-state index in [-0.39, 0.29) is 17.8 Å². The molecule has 2 unspecified atom stereocenters. The molecule has 0 aliphatic carbocycles. The van der Waals surface area contributed by atoms with Crippen LogP contribution in [-0.2, 0) is 4.74 Å². The highest BCUT2D eigenvalue weighted by molar-refractivity contribution is 5.99. The van der Waals surface area contributed by atoms with Gasteiger partial charge < -0.3 is 14.2 Å². The van der Waals surface area contributed by atoms with E-state index in [2.05, 4.69) is 0 Å². The minimum absolute atomic E-state index is 0.00322. The molecule has 0 amide bonds. The Bertz CT molecular complexity index is 483. The van der Waals surface area contributed by atoms with Gasteiger partial charge in [0.25, 0.3) is 0 Å². The van der Waals surface area contributed by atoms with E-state index in [9.17, 15) is 4.79 Å². The fraction of sp³-hybridized carbons (Fsp3) is 0.533. The Morgan fingerprint density at radius 2 is 1.95 bits per heavy atom. The summed E-state index contributed by atoms with van der Waals surface area (Å²) in [6.45, 7) is 3.92. The van der Waals surface area contributed by atoms with Crippen LogP contribution >= 0.6 is 0 Å². The molecule has 1 aromatic carbocycles. The minimum atomic E-state index is -0.0373. The van der Waals surface area contributed by atoms with E-state index in [4.69, 9.17) is 14.2 Å². The van der Waals surface area contributed by atoms with Gasteiger partial charge in [-0.25, -0.2) is 0 Å². The Morgan fingerprint density at radius 3 is 2.68 bits per heavy atom. The molecular formula is C15H18O4. The zero-order valence-electron chi connectivity index (χ0n) is 11.1. The summed E-state index contributed by atoms with van der Waals surface area (Å²) in [6, 6.07) is 5.45. The standard InChI is InChI=1S/C15H18O4/c1-10-12(5-8-17-10)15(16)11-3-4-13-14(9-11)19-7-2-6-18-13/h3-4,9-10,12H,2,5-8H2,1H3. The number of carbonyl (C=O) groups is 1. The van der Waals surface area contributed by atoms with Crippen molar-refractivity contribution in [3.05, 3.63) is 23.8 Å². The molecule has 102 valence electrons. The van der Waals surface area contributed by atoms with Gasteiger partial charge in [-0.15, -0.1) is 0 Å². The molecule has 2 atom stereocenters. The van der Waals surface area contributed by atoms with Crippen LogP contribution in [0.3, 0.4) is 0 Å². The first-order chi connectivity index (χ1) is 9.25. The van der Waals surface area contributed by atoms with Gasteiger partial charge >= 0.3 is 0 Å². The third-order valence-electron chi connectivity index (χ3n) is 3.75. The van der Waals surface area contributed by atoms with Crippen molar-refractivity contribution >= 4 is 5.78 Å². The van der Waals surface area contributed by atoms with Crippen LogP contribution in [-0.4, -0.2) is 31.7 Å². The Morgan fingerprint density at radius 1 is 1.16 bits per heavy atom. The average molecular weight is 262 g/mol. The van der Waals surface area contributed by atoms with Crippen molar-refractivity contribution in [3.63, 3.8) is 0 Å². The zero-order valence-corrected chi connectivity index (χ0v) is 11.1. The highest BCUT2D eigenvalue weighted by Crippen LogP contribution is 2.32. The number of benzene rings is 1. The van der Waals surface area contributed by atoms with E-state index in [1.807, 2.05) is 19.1 Å². The second-order valence-corrected chi connectivity index (χ2v) is 5.05. The van der Waals surface area contributed by atoms with Crippen molar-refractivity contribution in [2.45, 2.75) is 25.9 Å². The van der Waals surface area contributed by atoms with Crippen LogP contribution in [0.2, 0.25) is 0 Å². The number of ketones is 1. The molecule has 1 fully saturated rings. The molecule has 0 N–H and O–H groups in total. The molecule has 0 spiro atoms. The van der Waals surface area contributed by atoms with Crippen LogP contribution in [0.25, 0.3) is 0 Å². The molecule has 2 aliphatic rings. The SMILES string of the molecule is CC1OCCC1C(=O)c1ccc2c(c1)OCCCO2. The van der Waals surface area contributed by atoms with E-state index in [1.165, 1.54) is 0 Å². The number of hydrogen-bond donors (Lipinski definition) is 0. The van der Waals surface area contributed by atoms with Gasteiger partial charge in [-0.1, -0.05) is 0 Å². The lowest BCUT2D eigenvalue weighted by Gasteiger charge is -2.14. The molecule has 2 aliphatic heterocycles. The second kappa shape index (κ2) is 5.21. The highest BCUT2D eigenvalue weighted by atomic mass is 16.5. The average Bonchev–Trinajstić information content (AvgIpc) is 2.72. The Labute approximate surface area is 112 Å². The fourth-order valence-corrected chi connectivity index (χ4v) is 2.61. The maximum atomic E-state index is 12.5. The molecule has 0 saturated carbocycles. The minimum Gasteiger partial charge on any atom is -0.490 e. The van der Waals surface area contributed by atoms with Gasteiger partial charge in [0.2, 0.25) is 0 Å². The van der Waals surface area contributed by atoms with E-state index in [0.29, 0.717) is 31.1 Å². The number of ether oxygens (including phenoxy) is 3. The molecule has 2 heterocycles. The van der Waals surface area contributed by atoms with Gasteiger partial charge in [0.1, 0.15) is 0 Å².